The molecule has 0 fully saturated rings. The molecule has 1 aromatic carbocycles. The number of nitrogens with one attached hydrogen (secondary N) is 1. The number of H-pyrrole nitrogens is 1. The molecule has 0 radical (unpaired) electrons. The highest BCUT2D eigenvalue weighted by atomic mass is 32.2. The number of carbonyl (C=O) groups excluding carboxylic acids is 2. The first kappa shape index (κ1) is 14.3. The molecular weight excluding hydrogens is 278 g/mol. The van der Waals surface area contributed by atoms with Gasteiger partial charge in [0, 0.05) is 5.56 Å². The van der Waals surface area contributed by atoms with Crippen molar-refractivity contribution in [3.8, 4) is 0 Å². The minimum Gasteiger partial charge on any atom is -0.465 e. The molecule has 0 spiro atoms. The van der Waals surface area contributed by atoms with Gasteiger partial charge in [-0.2, -0.15) is 0 Å². The van der Waals surface area contributed by atoms with Crippen molar-refractivity contribution < 1.29 is 14.3 Å². The fraction of sp³-hybridized carbons (Fsp3) is 0.231. The number of carbonyl (C=O) groups is 2. The lowest BCUT2D eigenvalue weighted by atomic mass is 10.1. The van der Waals surface area contributed by atoms with E-state index in [4.69, 9.17) is 0 Å². The molecule has 0 unspecified atom stereocenters. The summed E-state index contributed by atoms with van der Waals surface area (Å²) in [5.41, 5.74) is 0.824. The second kappa shape index (κ2) is 6.33. The average molecular weight is 291 g/mol. The van der Waals surface area contributed by atoms with E-state index in [2.05, 4.69) is 19.9 Å². The molecule has 0 aliphatic rings. The van der Waals surface area contributed by atoms with Gasteiger partial charge >= 0.3 is 5.97 Å². The molecule has 1 N–H and O–H groups in total. The summed E-state index contributed by atoms with van der Waals surface area (Å²) in [4.78, 5) is 27.6. The van der Waals surface area contributed by atoms with Crippen LogP contribution in [0.3, 0.4) is 0 Å². The van der Waals surface area contributed by atoms with Gasteiger partial charge in [0.15, 0.2) is 5.78 Å². The molecule has 0 saturated carbocycles. The van der Waals surface area contributed by atoms with E-state index in [1.165, 1.54) is 24.9 Å². The monoisotopic (exact) mass is 291 g/mol. The Labute approximate surface area is 119 Å². The number of rotatable bonds is 5. The van der Waals surface area contributed by atoms with Gasteiger partial charge in [-0.05, 0) is 19.1 Å². The third-order valence-electron chi connectivity index (χ3n) is 2.51. The quantitative estimate of drug-likeness (QED) is 0.514. The predicted octanol–water partition coefficient (Wildman–Crippen LogP) is 1.87. The smallest absolute Gasteiger partial charge is 0.337 e. The molecule has 0 aliphatic heterocycles. The van der Waals surface area contributed by atoms with Crippen molar-refractivity contribution in [1.29, 1.82) is 0 Å². The Bertz CT molecular complexity index is 639. The molecule has 20 heavy (non-hydrogen) atoms. The van der Waals surface area contributed by atoms with E-state index in [9.17, 15) is 9.59 Å². The topological polar surface area (TPSA) is 84.9 Å². The minimum absolute atomic E-state index is 0.0943. The van der Waals surface area contributed by atoms with Crippen molar-refractivity contribution >= 4 is 23.5 Å². The van der Waals surface area contributed by atoms with Gasteiger partial charge in [-0.15, -0.1) is 5.10 Å². The van der Waals surface area contributed by atoms with Crippen LogP contribution in [0.25, 0.3) is 0 Å². The summed E-state index contributed by atoms with van der Waals surface area (Å²) in [7, 11) is 1.30. The number of thioether (sulfide) groups is 1. The van der Waals surface area contributed by atoms with Gasteiger partial charge < -0.3 is 4.74 Å². The molecular formula is C13H13N3O3S. The van der Waals surface area contributed by atoms with Gasteiger partial charge in [-0.3, -0.25) is 9.89 Å². The molecule has 2 aromatic rings. The Morgan fingerprint density at radius 3 is 2.75 bits per heavy atom. The molecule has 7 heteroatoms. The number of esters is 1. The van der Waals surface area contributed by atoms with Gasteiger partial charge in [-0.25, -0.2) is 9.78 Å². The largest absolute Gasteiger partial charge is 0.465 e. The van der Waals surface area contributed by atoms with Crippen LogP contribution in [0.4, 0.5) is 0 Å². The fourth-order valence-electron chi connectivity index (χ4n) is 1.54. The lowest BCUT2D eigenvalue weighted by molar-refractivity contribution is 0.0600. The van der Waals surface area contributed by atoms with Crippen LogP contribution >= 0.6 is 11.8 Å². The maximum atomic E-state index is 12.0. The van der Waals surface area contributed by atoms with Crippen LogP contribution < -0.4 is 0 Å². The van der Waals surface area contributed by atoms with Crippen LogP contribution in [0.2, 0.25) is 0 Å². The molecule has 0 atom stereocenters. The van der Waals surface area contributed by atoms with Crippen LogP contribution in [0.5, 0.6) is 0 Å². The maximum absolute atomic E-state index is 12.0. The lowest BCUT2D eigenvalue weighted by Crippen LogP contribution is -2.06. The third kappa shape index (κ3) is 3.45. The van der Waals surface area contributed by atoms with Crippen molar-refractivity contribution in [3.63, 3.8) is 0 Å². The fourth-order valence-corrected chi connectivity index (χ4v) is 2.28. The molecule has 1 aromatic heterocycles. The van der Waals surface area contributed by atoms with E-state index in [1.807, 2.05) is 0 Å². The van der Waals surface area contributed by atoms with Crippen LogP contribution in [0.15, 0.2) is 29.4 Å². The second-order valence-corrected chi connectivity index (χ2v) is 4.93. The van der Waals surface area contributed by atoms with E-state index in [-0.39, 0.29) is 11.5 Å². The molecule has 1 heterocycles. The summed E-state index contributed by atoms with van der Waals surface area (Å²) >= 11 is 1.25. The summed E-state index contributed by atoms with van der Waals surface area (Å²) in [5, 5.41) is 7.18. The summed E-state index contributed by atoms with van der Waals surface area (Å²) < 4.78 is 4.62. The van der Waals surface area contributed by atoms with E-state index >= 15 is 0 Å². The van der Waals surface area contributed by atoms with Crippen molar-refractivity contribution in [2.24, 2.45) is 0 Å². The second-order valence-electron chi connectivity index (χ2n) is 3.99. The Morgan fingerprint density at radius 2 is 2.10 bits per heavy atom. The van der Waals surface area contributed by atoms with E-state index in [1.54, 1.807) is 25.1 Å². The SMILES string of the molecule is COC(=O)c1cccc(C(=O)CSc2n[nH]c(C)n2)c1. The highest BCUT2D eigenvalue weighted by Gasteiger charge is 2.12. The number of nitrogens with zero attached hydrogens (tertiary/aromatic N) is 2. The summed E-state index contributed by atoms with van der Waals surface area (Å²) in [6, 6.07) is 6.45. The van der Waals surface area contributed by atoms with E-state index < -0.39 is 5.97 Å². The van der Waals surface area contributed by atoms with Crippen molar-refractivity contribution in [2.45, 2.75) is 12.1 Å². The third-order valence-corrected chi connectivity index (χ3v) is 3.36. The maximum Gasteiger partial charge on any atom is 0.337 e. The summed E-state index contributed by atoms with van der Waals surface area (Å²) in [6.45, 7) is 1.79. The van der Waals surface area contributed by atoms with Crippen LogP contribution in [0, 0.1) is 6.92 Å². The number of aromatic nitrogens is 3. The molecule has 2 rings (SSSR count). The Morgan fingerprint density at radius 1 is 1.35 bits per heavy atom. The van der Waals surface area contributed by atoms with Crippen LogP contribution in [-0.2, 0) is 4.74 Å². The van der Waals surface area contributed by atoms with Gasteiger partial charge in [0.25, 0.3) is 0 Å². The standard InChI is InChI=1S/C13H13N3O3S/c1-8-14-13(16-15-8)20-7-11(17)9-4-3-5-10(6-9)12(18)19-2/h3-6H,7H2,1-2H3,(H,14,15,16). The molecule has 6 nitrogen and oxygen atoms in total. The number of methoxy groups -OCH3 is 1. The van der Waals surface area contributed by atoms with E-state index in [0.717, 1.165) is 0 Å². The summed E-state index contributed by atoms with van der Waals surface area (Å²) in [6.07, 6.45) is 0. The zero-order valence-corrected chi connectivity index (χ0v) is 11.9. The number of aryl methyl sites for hydroxylation is 1. The van der Waals surface area contributed by atoms with Gasteiger partial charge in [0.1, 0.15) is 5.82 Å². The van der Waals surface area contributed by atoms with Crippen LogP contribution in [0.1, 0.15) is 26.5 Å². The average Bonchev–Trinajstić information content (AvgIpc) is 2.89. The summed E-state index contributed by atoms with van der Waals surface area (Å²) in [5.74, 6) is 0.356. The Kier molecular flexibility index (Phi) is 4.52. The lowest BCUT2D eigenvalue weighted by Gasteiger charge is -2.02. The Balaban J connectivity index is 2.03. The first-order chi connectivity index (χ1) is 9.60. The van der Waals surface area contributed by atoms with Gasteiger partial charge in [0.05, 0.1) is 18.4 Å². The van der Waals surface area contributed by atoms with Gasteiger partial charge in [0.2, 0.25) is 5.16 Å². The zero-order valence-electron chi connectivity index (χ0n) is 11.0. The Hall–Kier alpha value is -2.15. The van der Waals surface area contributed by atoms with Gasteiger partial charge in [-0.1, -0.05) is 23.9 Å². The number of ether oxygens (including phenoxy) is 1. The normalized spacial score (nSPS) is 10.3. The number of aromatic amines is 1. The molecule has 0 bridgehead atoms. The predicted molar refractivity (Wildman–Crippen MR) is 74.0 cm³/mol. The van der Waals surface area contributed by atoms with Crippen LogP contribution in [-0.4, -0.2) is 39.8 Å². The first-order valence-electron chi connectivity index (χ1n) is 5.83. The minimum atomic E-state index is -0.461. The van der Waals surface area contributed by atoms with E-state index in [0.29, 0.717) is 22.1 Å². The number of Topliss-reactive ketones (excluding diaryl/α,β-unsaturated/α-hetero) is 1. The van der Waals surface area contributed by atoms with Crippen molar-refractivity contribution in [1.82, 2.24) is 15.2 Å². The highest BCUT2D eigenvalue weighted by molar-refractivity contribution is 7.99. The molecule has 104 valence electrons. The molecule has 0 aliphatic carbocycles. The highest BCUT2D eigenvalue weighted by Crippen LogP contribution is 2.15. The number of benzene rings is 1. The number of hydrogen-bond acceptors (Lipinski definition) is 6. The first-order valence-corrected chi connectivity index (χ1v) is 6.82. The molecule has 0 saturated heterocycles. The molecule has 0 amide bonds. The number of ketones is 1. The van der Waals surface area contributed by atoms with Crippen molar-refractivity contribution in [3.05, 3.63) is 41.2 Å². The zero-order chi connectivity index (χ0) is 14.5. The van der Waals surface area contributed by atoms with Crippen molar-refractivity contribution in [2.75, 3.05) is 12.9 Å². The number of hydrogen-bond donors (Lipinski definition) is 1.